The van der Waals surface area contributed by atoms with Gasteiger partial charge in [-0.25, -0.2) is 9.59 Å². The Morgan fingerprint density at radius 2 is 1.92 bits per heavy atom. The molecular formula is C17H16BrClN2O4. The van der Waals surface area contributed by atoms with E-state index in [0.29, 0.717) is 34.0 Å². The fourth-order valence-electron chi connectivity index (χ4n) is 1.99. The van der Waals surface area contributed by atoms with Crippen LogP contribution in [0.15, 0.2) is 48.5 Å². The lowest BCUT2D eigenvalue weighted by Gasteiger charge is -2.21. The second-order valence-electron chi connectivity index (χ2n) is 4.83. The Labute approximate surface area is 158 Å². The summed E-state index contributed by atoms with van der Waals surface area (Å²) in [5.41, 5.74) is 1.12. The van der Waals surface area contributed by atoms with Gasteiger partial charge < -0.3 is 9.47 Å². The number of nitrogens with one attached hydrogen (secondary N) is 1. The van der Waals surface area contributed by atoms with Crippen molar-refractivity contribution in [3.8, 4) is 5.75 Å². The van der Waals surface area contributed by atoms with Crippen molar-refractivity contribution in [2.24, 2.45) is 0 Å². The highest BCUT2D eigenvalue weighted by Gasteiger charge is 2.18. The number of ether oxygens (including phenoxy) is 2. The molecule has 0 heterocycles. The Morgan fingerprint density at radius 1 is 1.20 bits per heavy atom. The van der Waals surface area contributed by atoms with E-state index < -0.39 is 12.2 Å². The summed E-state index contributed by atoms with van der Waals surface area (Å²) in [5, 5.41) is 3.67. The molecule has 0 aliphatic rings. The minimum atomic E-state index is -0.606. The zero-order chi connectivity index (χ0) is 18.2. The molecule has 0 bridgehead atoms. The van der Waals surface area contributed by atoms with Crippen LogP contribution in [0.3, 0.4) is 0 Å². The minimum absolute atomic E-state index is 0.299. The number of hydrogen-bond acceptors (Lipinski definition) is 4. The second kappa shape index (κ2) is 9.29. The summed E-state index contributed by atoms with van der Waals surface area (Å²) in [5.74, 6) is 0.299. The summed E-state index contributed by atoms with van der Waals surface area (Å²) in [7, 11) is 1.27. The largest absolute Gasteiger partial charge is 0.453 e. The number of halogens is 2. The summed E-state index contributed by atoms with van der Waals surface area (Å²) in [6.45, 7) is 0.417. The molecule has 25 heavy (non-hydrogen) atoms. The summed E-state index contributed by atoms with van der Waals surface area (Å²) < 4.78 is 9.94. The van der Waals surface area contributed by atoms with E-state index in [1.807, 2.05) is 0 Å². The van der Waals surface area contributed by atoms with E-state index in [2.05, 4.69) is 26.0 Å². The molecule has 2 aromatic carbocycles. The van der Waals surface area contributed by atoms with Crippen LogP contribution in [-0.2, 0) is 4.74 Å². The number of rotatable bonds is 5. The lowest BCUT2D eigenvalue weighted by Crippen LogP contribution is -2.35. The summed E-state index contributed by atoms with van der Waals surface area (Å²) in [6, 6.07) is 13.3. The topological polar surface area (TPSA) is 67.9 Å². The highest BCUT2D eigenvalue weighted by Crippen LogP contribution is 2.22. The molecule has 0 saturated heterocycles. The van der Waals surface area contributed by atoms with E-state index in [4.69, 9.17) is 16.3 Å². The van der Waals surface area contributed by atoms with Gasteiger partial charge in [0, 0.05) is 34.3 Å². The normalized spacial score (nSPS) is 10.0. The smallest absolute Gasteiger partial charge is 0.419 e. The molecule has 0 radical (unpaired) electrons. The molecule has 6 nitrogen and oxygen atoms in total. The zero-order valence-corrected chi connectivity index (χ0v) is 15.7. The highest BCUT2D eigenvalue weighted by atomic mass is 79.9. The number of anilines is 2. The molecule has 2 rings (SSSR count). The van der Waals surface area contributed by atoms with E-state index in [0.717, 1.165) is 0 Å². The molecule has 0 atom stereocenters. The Kier molecular flexibility index (Phi) is 7.09. The third kappa shape index (κ3) is 5.65. The summed E-state index contributed by atoms with van der Waals surface area (Å²) in [6.07, 6.45) is -1.15. The number of alkyl halides is 1. The van der Waals surface area contributed by atoms with Gasteiger partial charge in [-0.3, -0.25) is 10.2 Å². The van der Waals surface area contributed by atoms with E-state index in [1.54, 1.807) is 42.5 Å². The average molecular weight is 428 g/mol. The van der Waals surface area contributed by atoms with Crippen LogP contribution in [0.4, 0.5) is 21.0 Å². The number of carbonyl (C=O) groups is 2. The van der Waals surface area contributed by atoms with Crippen molar-refractivity contribution >= 4 is 51.1 Å². The third-order valence-electron chi connectivity index (χ3n) is 3.14. The Balaban J connectivity index is 2.14. The molecule has 2 aromatic rings. The molecule has 0 spiro atoms. The predicted molar refractivity (Wildman–Crippen MR) is 101 cm³/mol. The van der Waals surface area contributed by atoms with Crippen molar-refractivity contribution in [1.29, 1.82) is 0 Å². The van der Waals surface area contributed by atoms with Gasteiger partial charge in [0.05, 0.1) is 7.11 Å². The maximum Gasteiger partial charge on any atom is 0.419 e. The quantitative estimate of drug-likeness (QED) is 0.688. The molecule has 0 saturated carbocycles. The number of carbonyl (C=O) groups excluding carboxylic acids is 2. The van der Waals surface area contributed by atoms with Crippen LogP contribution in [0.2, 0.25) is 5.02 Å². The molecule has 1 N–H and O–H groups in total. The van der Waals surface area contributed by atoms with Crippen LogP contribution in [0, 0.1) is 0 Å². The first-order chi connectivity index (χ1) is 12.0. The lowest BCUT2D eigenvalue weighted by atomic mass is 10.3. The highest BCUT2D eigenvalue weighted by molar-refractivity contribution is 9.09. The van der Waals surface area contributed by atoms with Gasteiger partial charge in [0.2, 0.25) is 0 Å². The van der Waals surface area contributed by atoms with Crippen molar-refractivity contribution in [3.05, 3.63) is 53.6 Å². The van der Waals surface area contributed by atoms with Crippen molar-refractivity contribution in [2.75, 3.05) is 29.2 Å². The van der Waals surface area contributed by atoms with Crippen LogP contribution < -0.4 is 15.0 Å². The first-order valence-corrected chi connectivity index (χ1v) is 8.79. The Hall–Kier alpha value is -2.25. The van der Waals surface area contributed by atoms with Gasteiger partial charge in [0.15, 0.2) is 0 Å². The van der Waals surface area contributed by atoms with Gasteiger partial charge in [-0.05, 0) is 36.4 Å². The lowest BCUT2D eigenvalue weighted by molar-refractivity contribution is 0.187. The maximum atomic E-state index is 12.5. The first-order valence-electron chi connectivity index (χ1n) is 7.29. The first kappa shape index (κ1) is 19.1. The van der Waals surface area contributed by atoms with E-state index in [9.17, 15) is 9.59 Å². The van der Waals surface area contributed by atoms with Gasteiger partial charge in [0.25, 0.3) is 0 Å². The molecule has 8 heteroatoms. The van der Waals surface area contributed by atoms with Crippen molar-refractivity contribution < 1.29 is 19.1 Å². The van der Waals surface area contributed by atoms with Gasteiger partial charge in [-0.1, -0.05) is 33.6 Å². The van der Waals surface area contributed by atoms with Crippen molar-refractivity contribution in [1.82, 2.24) is 0 Å². The number of hydrogen-bond donors (Lipinski definition) is 1. The summed E-state index contributed by atoms with van der Waals surface area (Å²) in [4.78, 5) is 25.2. The fraction of sp³-hybridized carbons (Fsp3) is 0.176. The number of amides is 2. The number of nitrogens with zero attached hydrogens (tertiary/aromatic N) is 1. The van der Waals surface area contributed by atoms with Gasteiger partial charge in [0.1, 0.15) is 5.75 Å². The Morgan fingerprint density at radius 3 is 2.56 bits per heavy atom. The standard InChI is InChI=1S/C17H16BrClN2O4/c1-24-16(22)20-13-3-2-4-15(11-13)25-17(23)21(10-9-18)14-7-5-12(19)6-8-14/h2-8,11H,9-10H2,1H3,(H,20,22). The molecule has 0 aliphatic heterocycles. The monoisotopic (exact) mass is 426 g/mol. The van der Waals surface area contributed by atoms with Crippen LogP contribution >= 0.6 is 27.5 Å². The predicted octanol–water partition coefficient (Wildman–Crippen LogP) is 4.92. The molecule has 132 valence electrons. The Bertz CT molecular complexity index is 740. The van der Waals surface area contributed by atoms with Gasteiger partial charge in [-0.2, -0.15) is 0 Å². The molecular weight excluding hydrogens is 412 g/mol. The minimum Gasteiger partial charge on any atom is -0.453 e. The third-order valence-corrected chi connectivity index (χ3v) is 3.74. The van der Waals surface area contributed by atoms with Crippen LogP contribution in [0.1, 0.15) is 0 Å². The zero-order valence-electron chi connectivity index (χ0n) is 13.4. The summed E-state index contributed by atoms with van der Waals surface area (Å²) >= 11 is 9.21. The van der Waals surface area contributed by atoms with Crippen LogP contribution in [-0.4, -0.2) is 31.2 Å². The van der Waals surface area contributed by atoms with Crippen LogP contribution in [0.5, 0.6) is 5.75 Å². The van der Waals surface area contributed by atoms with Crippen LogP contribution in [0.25, 0.3) is 0 Å². The van der Waals surface area contributed by atoms with Crippen molar-refractivity contribution in [2.45, 2.75) is 0 Å². The number of benzene rings is 2. The fourth-order valence-corrected chi connectivity index (χ4v) is 2.47. The molecule has 0 unspecified atom stereocenters. The van der Waals surface area contributed by atoms with E-state index >= 15 is 0 Å². The van der Waals surface area contributed by atoms with E-state index in [1.165, 1.54) is 18.1 Å². The second-order valence-corrected chi connectivity index (χ2v) is 6.06. The SMILES string of the molecule is COC(=O)Nc1cccc(OC(=O)N(CCBr)c2ccc(Cl)cc2)c1. The van der Waals surface area contributed by atoms with Gasteiger partial charge in [-0.15, -0.1) is 0 Å². The molecule has 2 amide bonds. The van der Waals surface area contributed by atoms with Crippen molar-refractivity contribution in [3.63, 3.8) is 0 Å². The molecule has 0 aliphatic carbocycles. The van der Waals surface area contributed by atoms with E-state index in [-0.39, 0.29) is 0 Å². The molecule has 0 fully saturated rings. The average Bonchev–Trinajstić information content (AvgIpc) is 2.60. The van der Waals surface area contributed by atoms with Gasteiger partial charge >= 0.3 is 12.2 Å². The molecule has 0 aromatic heterocycles. The maximum absolute atomic E-state index is 12.5. The number of methoxy groups -OCH3 is 1.